The van der Waals surface area contributed by atoms with Gasteiger partial charge >= 0.3 is 0 Å². The van der Waals surface area contributed by atoms with Crippen molar-refractivity contribution in [3.05, 3.63) is 64.4 Å². The van der Waals surface area contributed by atoms with Crippen LogP contribution in [0.15, 0.2) is 47.4 Å². The van der Waals surface area contributed by atoms with Crippen molar-refractivity contribution in [1.82, 2.24) is 9.21 Å². The number of nitrogens with zero attached hydrogens (tertiary/aromatic N) is 2. The lowest BCUT2D eigenvalue weighted by molar-refractivity contribution is 0.0693. The van der Waals surface area contributed by atoms with E-state index >= 15 is 0 Å². The van der Waals surface area contributed by atoms with Crippen LogP contribution in [0.3, 0.4) is 0 Å². The number of sulfonamides is 1. The van der Waals surface area contributed by atoms with E-state index in [-0.39, 0.29) is 36.6 Å². The van der Waals surface area contributed by atoms with Crippen LogP contribution < -0.4 is 0 Å². The normalized spacial score (nSPS) is 15.9. The first-order valence-corrected chi connectivity index (χ1v) is 9.92. The predicted molar refractivity (Wildman–Crippen MR) is 97.3 cm³/mol. The molecule has 1 fully saturated rings. The molecular weight excluding hydrogens is 379 g/mol. The molecule has 1 aliphatic heterocycles. The second kappa shape index (κ2) is 7.34. The first-order chi connectivity index (χ1) is 12.3. The Morgan fingerprint density at radius 2 is 1.73 bits per heavy atom. The zero-order chi connectivity index (χ0) is 18.9. The Balaban J connectivity index is 1.72. The molecule has 2 aromatic carbocycles. The van der Waals surface area contributed by atoms with Crippen molar-refractivity contribution >= 4 is 27.5 Å². The van der Waals surface area contributed by atoms with Crippen LogP contribution in [0.25, 0.3) is 0 Å². The van der Waals surface area contributed by atoms with Crippen LogP contribution in [0.5, 0.6) is 0 Å². The minimum atomic E-state index is -3.69. The van der Waals surface area contributed by atoms with E-state index in [0.717, 1.165) is 5.56 Å². The van der Waals surface area contributed by atoms with Gasteiger partial charge in [0.2, 0.25) is 10.0 Å². The number of amides is 1. The van der Waals surface area contributed by atoms with Crippen LogP contribution in [0.4, 0.5) is 4.39 Å². The number of halogens is 2. The van der Waals surface area contributed by atoms with E-state index in [2.05, 4.69) is 0 Å². The fourth-order valence-electron chi connectivity index (χ4n) is 2.82. The summed E-state index contributed by atoms with van der Waals surface area (Å²) >= 11 is 6.03. The third kappa shape index (κ3) is 3.60. The maximum atomic E-state index is 13.8. The predicted octanol–water partition coefficient (Wildman–Crippen LogP) is 2.93. The van der Waals surface area contributed by atoms with E-state index in [1.165, 1.54) is 39.5 Å². The number of aryl methyl sites for hydroxylation is 1. The number of benzene rings is 2. The molecule has 26 heavy (non-hydrogen) atoms. The lowest BCUT2D eigenvalue weighted by Gasteiger charge is -2.34. The lowest BCUT2D eigenvalue weighted by atomic mass is 10.1. The number of piperazine rings is 1. The van der Waals surface area contributed by atoms with Gasteiger partial charge in [-0.25, -0.2) is 12.8 Å². The van der Waals surface area contributed by atoms with Gasteiger partial charge in [-0.15, -0.1) is 0 Å². The standard InChI is InChI=1S/C18H18ClFN2O3S/c1-13-6-7-14(12-16(13)19)26(24,25)22-10-8-21(9-11-22)18(23)15-4-2-3-5-17(15)20/h2-7,12H,8-11H2,1H3. The minimum Gasteiger partial charge on any atom is -0.336 e. The molecule has 0 unspecified atom stereocenters. The zero-order valence-corrected chi connectivity index (χ0v) is 15.7. The molecule has 0 N–H and O–H groups in total. The van der Waals surface area contributed by atoms with Crippen molar-refractivity contribution in [2.75, 3.05) is 26.2 Å². The summed E-state index contributed by atoms with van der Waals surface area (Å²) in [5.41, 5.74) is 0.792. The quantitative estimate of drug-likeness (QED) is 0.801. The number of carbonyl (C=O) groups excluding carboxylic acids is 1. The third-order valence-electron chi connectivity index (χ3n) is 4.41. The highest BCUT2D eigenvalue weighted by Gasteiger charge is 2.31. The Morgan fingerprint density at radius 3 is 2.35 bits per heavy atom. The minimum absolute atomic E-state index is 0.00544. The first-order valence-electron chi connectivity index (χ1n) is 8.11. The molecule has 0 aromatic heterocycles. The van der Waals surface area contributed by atoms with Gasteiger partial charge in [0.15, 0.2) is 0 Å². The smallest absolute Gasteiger partial charge is 0.256 e. The Kier molecular flexibility index (Phi) is 5.32. The Labute approximate surface area is 157 Å². The van der Waals surface area contributed by atoms with E-state index in [0.29, 0.717) is 5.02 Å². The number of carbonyl (C=O) groups is 1. The molecule has 1 saturated heterocycles. The maximum absolute atomic E-state index is 13.8. The van der Waals surface area contributed by atoms with Crippen LogP contribution in [-0.2, 0) is 10.0 Å². The molecule has 0 radical (unpaired) electrons. The summed E-state index contributed by atoms with van der Waals surface area (Å²) in [5, 5.41) is 0.388. The Bertz CT molecular complexity index is 941. The van der Waals surface area contributed by atoms with Crippen molar-refractivity contribution in [2.24, 2.45) is 0 Å². The van der Waals surface area contributed by atoms with Gasteiger partial charge in [-0.05, 0) is 36.8 Å². The molecule has 0 atom stereocenters. The van der Waals surface area contributed by atoms with E-state index in [1.54, 1.807) is 19.1 Å². The van der Waals surface area contributed by atoms with E-state index in [4.69, 9.17) is 11.6 Å². The van der Waals surface area contributed by atoms with Crippen molar-refractivity contribution in [3.8, 4) is 0 Å². The summed E-state index contributed by atoms with van der Waals surface area (Å²) in [5.74, 6) is -1.01. The molecule has 0 saturated carbocycles. The summed E-state index contributed by atoms with van der Waals surface area (Å²) in [6.45, 7) is 2.49. The van der Waals surface area contributed by atoms with Gasteiger partial charge in [-0.3, -0.25) is 4.79 Å². The highest BCUT2D eigenvalue weighted by Crippen LogP contribution is 2.24. The van der Waals surface area contributed by atoms with E-state index in [9.17, 15) is 17.6 Å². The number of hydrogen-bond donors (Lipinski definition) is 0. The van der Waals surface area contributed by atoms with Gasteiger partial charge in [-0.1, -0.05) is 29.8 Å². The van der Waals surface area contributed by atoms with Crippen LogP contribution in [0.2, 0.25) is 5.02 Å². The van der Waals surface area contributed by atoms with Crippen molar-refractivity contribution in [3.63, 3.8) is 0 Å². The molecule has 5 nitrogen and oxygen atoms in total. The second-order valence-corrected chi connectivity index (χ2v) is 8.43. The van der Waals surface area contributed by atoms with Gasteiger partial charge in [-0.2, -0.15) is 4.31 Å². The van der Waals surface area contributed by atoms with Gasteiger partial charge in [0.25, 0.3) is 5.91 Å². The summed E-state index contributed by atoms with van der Waals surface area (Å²) in [6.07, 6.45) is 0. The fraction of sp³-hybridized carbons (Fsp3) is 0.278. The Hall–Kier alpha value is -1.96. The lowest BCUT2D eigenvalue weighted by Crippen LogP contribution is -2.50. The van der Waals surface area contributed by atoms with Gasteiger partial charge in [0.05, 0.1) is 10.5 Å². The van der Waals surface area contributed by atoms with Crippen LogP contribution in [-0.4, -0.2) is 49.7 Å². The monoisotopic (exact) mass is 396 g/mol. The highest BCUT2D eigenvalue weighted by molar-refractivity contribution is 7.89. The van der Waals surface area contributed by atoms with Crippen molar-refractivity contribution < 1.29 is 17.6 Å². The maximum Gasteiger partial charge on any atom is 0.256 e. The molecule has 138 valence electrons. The van der Waals surface area contributed by atoms with Gasteiger partial charge in [0.1, 0.15) is 5.82 Å². The molecule has 1 amide bonds. The third-order valence-corrected chi connectivity index (χ3v) is 6.71. The fourth-order valence-corrected chi connectivity index (χ4v) is 4.51. The Morgan fingerprint density at radius 1 is 1.08 bits per heavy atom. The molecule has 0 aliphatic carbocycles. The van der Waals surface area contributed by atoms with Crippen molar-refractivity contribution in [1.29, 1.82) is 0 Å². The summed E-state index contributed by atoms with van der Waals surface area (Å²) in [6, 6.07) is 10.4. The average Bonchev–Trinajstić information content (AvgIpc) is 2.64. The van der Waals surface area contributed by atoms with E-state index in [1.807, 2.05) is 0 Å². The molecule has 3 rings (SSSR count). The molecule has 8 heteroatoms. The van der Waals surface area contributed by atoms with Gasteiger partial charge in [0, 0.05) is 31.2 Å². The zero-order valence-electron chi connectivity index (χ0n) is 14.2. The van der Waals surface area contributed by atoms with Crippen LogP contribution >= 0.6 is 11.6 Å². The summed E-state index contributed by atoms with van der Waals surface area (Å²) in [7, 11) is -3.69. The summed E-state index contributed by atoms with van der Waals surface area (Å²) in [4.78, 5) is 14.0. The highest BCUT2D eigenvalue weighted by atomic mass is 35.5. The number of rotatable bonds is 3. The molecule has 0 bridgehead atoms. The molecular formula is C18H18ClFN2O3S. The van der Waals surface area contributed by atoms with Crippen LogP contribution in [0.1, 0.15) is 15.9 Å². The molecule has 1 aliphatic rings. The van der Waals surface area contributed by atoms with Crippen LogP contribution in [0, 0.1) is 12.7 Å². The van der Waals surface area contributed by atoms with Crippen molar-refractivity contribution in [2.45, 2.75) is 11.8 Å². The van der Waals surface area contributed by atoms with Gasteiger partial charge < -0.3 is 4.90 Å². The average molecular weight is 397 g/mol. The second-order valence-electron chi connectivity index (χ2n) is 6.09. The molecule has 2 aromatic rings. The largest absolute Gasteiger partial charge is 0.336 e. The number of hydrogen-bond acceptors (Lipinski definition) is 3. The molecule has 1 heterocycles. The molecule has 0 spiro atoms. The topological polar surface area (TPSA) is 57.7 Å². The SMILES string of the molecule is Cc1ccc(S(=O)(=O)N2CCN(C(=O)c3ccccc3F)CC2)cc1Cl. The van der Waals surface area contributed by atoms with E-state index < -0.39 is 21.7 Å². The first kappa shape index (κ1) is 18.8. The summed E-state index contributed by atoms with van der Waals surface area (Å²) < 4.78 is 40.6.